The average Bonchev–Trinajstić information content (AvgIpc) is 0.698. The molecule has 0 spiro atoms. The SMILES string of the molecule is Cc1cc2cc(C#C[Si](C(C)C)(C(C)C)C(C)C)ccc2cc1C1c2cc3cc(C#C[Si](C(C)C)(C(C)C)C(C)C)ccc3cc2C(C)C2c3cc4cc(C#C[Si](C(C)C)(C(C)C)C(C)C)ccc4cc3C1c1cc3cc(C#C[Si](C(C)C)(C(C)C)C(C)C)ccc3cc12. The van der Waals surface area contributed by atoms with Crippen LogP contribution >= 0.6 is 0 Å². The van der Waals surface area contributed by atoms with Crippen LogP contribution in [-0.2, 0) is 0 Å². The highest BCUT2D eigenvalue weighted by Crippen LogP contribution is 2.61. The summed E-state index contributed by atoms with van der Waals surface area (Å²) in [5.74, 6) is 15.7. The minimum Gasteiger partial charge on any atom is -0.125 e. The van der Waals surface area contributed by atoms with Gasteiger partial charge in [0.05, 0.1) is 0 Å². The van der Waals surface area contributed by atoms with E-state index in [0.29, 0.717) is 66.5 Å². The van der Waals surface area contributed by atoms with Crippen molar-refractivity contribution >= 4 is 75.4 Å². The third-order valence-corrected chi connectivity index (χ3v) is 50.0. The van der Waals surface area contributed by atoms with Crippen molar-refractivity contribution in [2.75, 3.05) is 0 Å². The van der Waals surface area contributed by atoms with E-state index < -0.39 is 32.3 Å². The third kappa shape index (κ3) is 12.1. The summed E-state index contributed by atoms with van der Waals surface area (Å²) in [5.41, 5.74) is 39.0. The van der Waals surface area contributed by atoms with Crippen LogP contribution in [0.4, 0.5) is 0 Å². The molecule has 0 saturated carbocycles. The quantitative estimate of drug-likeness (QED) is 0.0797. The summed E-state index contributed by atoms with van der Waals surface area (Å²) in [4.78, 5) is 0. The smallest absolute Gasteiger partial charge is 0.125 e. The highest BCUT2D eigenvalue weighted by atomic mass is 28.3. The van der Waals surface area contributed by atoms with Crippen molar-refractivity contribution in [2.45, 2.75) is 270 Å². The predicted octanol–water partition coefficient (Wildman–Crippen LogP) is 26.4. The number of rotatable bonds is 13. The van der Waals surface area contributed by atoms with Crippen LogP contribution in [0.1, 0.15) is 264 Å². The molecule has 4 atom stereocenters. The summed E-state index contributed by atoms with van der Waals surface area (Å²) in [6.45, 7) is 63.1. The number of benzene rings is 8. The van der Waals surface area contributed by atoms with E-state index in [1.165, 1.54) is 87.6 Å². The van der Waals surface area contributed by atoms with Gasteiger partial charge in [0.25, 0.3) is 0 Å². The van der Waals surface area contributed by atoms with Gasteiger partial charge in [0, 0.05) is 40.0 Å². The largest absolute Gasteiger partial charge is 0.146 e. The molecule has 3 aliphatic carbocycles. The van der Waals surface area contributed by atoms with Crippen LogP contribution in [0.5, 0.6) is 0 Å². The van der Waals surface area contributed by atoms with E-state index in [4.69, 9.17) is 0 Å². The lowest BCUT2D eigenvalue weighted by Crippen LogP contribution is -2.43. The summed E-state index contributed by atoms with van der Waals surface area (Å²) >= 11 is 0. The Bertz CT molecular complexity index is 4380. The molecule has 0 fully saturated rings. The predicted molar refractivity (Wildman–Crippen MR) is 426 cm³/mol. The molecule has 0 saturated heterocycles. The van der Waals surface area contributed by atoms with Crippen LogP contribution in [-0.4, -0.2) is 32.3 Å². The minimum atomic E-state index is -1.99. The second-order valence-corrected chi connectivity index (χ2v) is 55.5. The van der Waals surface area contributed by atoms with Crippen molar-refractivity contribution in [1.29, 1.82) is 0 Å². The Kier molecular flexibility index (Phi) is 20.4. The minimum absolute atomic E-state index is 0.00855. The lowest BCUT2D eigenvalue weighted by atomic mass is 9.57. The van der Waals surface area contributed by atoms with Crippen molar-refractivity contribution in [3.8, 4) is 45.9 Å². The number of aryl methyl sites for hydroxylation is 1. The molecule has 2 bridgehead atoms. The van der Waals surface area contributed by atoms with Gasteiger partial charge in [-0.2, -0.15) is 0 Å². The Balaban J connectivity index is 1.28. The Morgan fingerprint density at radius 1 is 0.234 bits per heavy atom. The highest BCUT2D eigenvalue weighted by molar-refractivity contribution is 6.92. The Labute approximate surface area is 575 Å². The molecule has 0 N–H and O–H groups in total. The molecule has 0 nitrogen and oxygen atoms in total. The highest BCUT2D eigenvalue weighted by Gasteiger charge is 2.48. The molecular weight excluding hydrogens is 1190 g/mol. The molecule has 3 aliphatic rings. The van der Waals surface area contributed by atoms with E-state index in [9.17, 15) is 0 Å². The first-order valence-electron chi connectivity index (χ1n) is 36.7. The molecule has 94 heavy (non-hydrogen) atoms. The number of hydrogen-bond donors (Lipinski definition) is 0. The Morgan fingerprint density at radius 2 is 0.436 bits per heavy atom. The first-order chi connectivity index (χ1) is 44.3. The molecule has 0 aromatic heterocycles. The van der Waals surface area contributed by atoms with Gasteiger partial charge in [0.2, 0.25) is 0 Å². The fourth-order valence-corrected chi connectivity index (χ4v) is 41.1. The molecule has 0 aliphatic heterocycles. The lowest BCUT2D eigenvalue weighted by molar-refractivity contribution is 0.551. The standard InChI is InChI=1S/C90H114Si4/c1-55(2)91(56(3)4,57(5)6)39-35-69-27-31-73-48-81(67(25)43-77(73)44-69)89-83-52-78-45-70(36-40-92(58(7)8,59(9)10)60(11)12)28-32-74(78)49-82(83)68(26)88-84-50-75-33-29-72(38-42-94(64(19)20,65(21)22)66(23)24)47-80(75)54-87(84)90(89)86-51-76-34-30-71(46-79(76)53-85(86)88)37-41-93(61(13)14,62(15)16)63(17)18/h27-34,43-66,68,88-90H,1-26H3. The maximum absolute atomic E-state index is 4.10. The molecule has 8 aromatic carbocycles. The summed E-state index contributed by atoms with van der Waals surface area (Å²) < 4.78 is 0. The number of fused-ring (bicyclic) bond motifs is 4. The van der Waals surface area contributed by atoms with Crippen LogP contribution in [0.15, 0.2) is 121 Å². The number of hydrogen-bond acceptors (Lipinski definition) is 0. The van der Waals surface area contributed by atoms with Crippen molar-refractivity contribution < 1.29 is 0 Å². The van der Waals surface area contributed by atoms with Crippen molar-refractivity contribution in [2.24, 2.45) is 0 Å². The zero-order valence-electron chi connectivity index (χ0n) is 62.8. The normalized spacial score (nSPS) is 16.8. The molecule has 0 heterocycles. The fraction of sp³-hybridized carbons (Fsp3) is 0.467. The van der Waals surface area contributed by atoms with Crippen molar-refractivity contribution in [3.05, 3.63) is 188 Å². The fourth-order valence-electron chi connectivity index (χ4n) is 20.2. The second kappa shape index (κ2) is 27.1. The summed E-state index contributed by atoms with van der Waals surface area (Å²) in [6, 6.07) is 49.3. The molecule has 4 heteroatoms. The van der Waals surface area contributed by atoms with Crippen LogP contribution < -0.4 is 0 Å². The molecule has 0 radical (unpaired) electrons. The first kappa shape index (κ1) is 70.7. The Morgan fingerprint density at radius 3 is 0.702 bits per heavy atom. The zero-order chi connectivity index (χ0) is 68.6. The van der Waals surface area contributed by atoms with Gasteiger partial charge in [0.15, 0.2) is 0 Å². The van der Waals surface area contributed by atoms with E-state index in [-0.39, 0.29) is 23.7 Å². The van der Waals surface area contributed by atoms with E-state index >= 15 is 0 Å². The van der Waals surface area contributed by atoms with Crippen molar-refractivity contribution in [1.82, 2.24) is 0 Å². The van der Waals surface area contributed by atoms with Gasteiger partial charge in [-0.1, -0.05) is 270 Å². The van der Waals surface area contributed by atoms with Crippen LogP contribution in [0.3, 0.4) is 0 Å². The average molecular weight is 1310 g/mol. The first-order valence-corrected chi connectivity index (χ1v) is 45.6. The summed E-state index contributed by atoms with van der Waals surface area (Å²) in [5, 5.41) is 10.2. The molecule has 0 amide bonds. The summed E-state index contributed by atoms with van der Waals surface area (Å²) in [6.07, 6.45) is 0. The molecule has 8 aromatic rings. The molecule has 11 rings (SSSR count). The van der Waals surface area contributed by atoms with E-state index in [1.54, 1.807) is 0 Å². The van der Waals surface area contributed by atoms with Gasteiger partial charge in [0.1, 0.15) is 32.3 Å². The topological polar surface area (TPSA) is 0 Å². The van der Waals surface area contributed by atoms with E-state index in [2.05, 4.69) is 347 Å². The molecular formula is C90H114Si4. The van der Waals surface area contributed by atoms with Crippen LogP contribution in [0, 0.1) is 52.8 Å². The van der Waals surface area contributed by atoms with Gasteiger partial charge in [-0.3, -0.25) is 0 Å². The van der Waals surface area contributed by atoms with E-state index in [1.807, 2.05) is 0 Å². The van der Waals surface area contributed by atoms with Crippen molar-refractivity contribution in [3.63, 3.8) is 0 Å². The monoisotopic (exact) mass is 1310 g/mol. The molecule has 490 valence electrons. The van der Waals surface area contributed by atoms with Crippen LogP contribution in [0.25, 0.3) is 43.1 Å². The maximum Gasteiger partial charge on any atom is 0.146 e. The lowest BCUT2D eigenvalue weighted by Gasteiger charge is -2.45. The zero-order valence-corrected chi connectivity index (χ0v) is 66.8. The van der Waals surface area contributed by atoms with Gasteiger partial charge in [-0.15, -0.1) is 22.2 Å². The summed E-state index contributed by atoms with van der Waals surface area (Å²) in [7, 11) is -7.90. The van der Waals surface area contributed by atoms with Crippen LogP contribution in [0.2, 0.25) is 66.5 Å². The Hall–Kier alpha value is -6.09. The maximum atomic E-state index is 4.10. The van der Waals surface area contributed by atoms with Gasteiger partial charge >= 0.3 is 0 Å². The van der Waals surface area contributed by atoms with Gasteiger partial charge in [-0.05, 0) is 215 Å². The van der Waals surface area contributed by atoms with E-state index in [0.717, 1.165) is 22.3 Å². The molecule has 4 unspecified atom stereocenters. The van der Waals surface area contributed by atoms with Gasteiger partial charge in [-0.25, -0.2) is 0 Å². The van der Waals surface area contributed by atoms with Gasteiger partial charge < -0.3 is 0 Å². The third-order valence-electron chi connectivity index (χ3n) is 24.8. The second-order valence-electron chi connectivity index (χ2n) is 33.2.